The summed E-state index contributed by atoms with van der Waals surface area (Å²) in [5, 5.41) is 10.6. The van der Waals surface area contributed by atoms with Crippen molar-refractivity contribution in [3.8, 4) is 0 Å². The van der Waals surface area contributed by atoms with Gasteiger partial charge in [-0.2, -0.15) is 0 Å². The minimum Gasteiger partial charge on any atom is -0.361 e. The fraction of sp³-hybridized carbons (Fsp3) is 0.267. The summed E-state index contributed by atoms with van der Waals surface area (Å²) in [6.07, 6.45) is 3.44. The van der Waals surface area contributed by atoms with E-state index in [4.69, 9.17) is 0 Å². The van der Waals surface area contributed by atoms with Gasteiger partial charge in [0.1, 0.15) is 5.82 Å². The number of rotatable bonds is 3. The van der Waals surface area contributed by atoms with Crippen molar-refractivity contribution in [1.29, 1.82) is 0 Å². The van der Waals surface area contributed by atoms with Gasteiger partial charge in [-0.05, 0) is 46.5 Å². The van der Waals surface area contributed by atoms with Crippen molar-refractivity contribution in [1.82, 2.24) is 4.98 Å². The Morgan fingerprint density at radius 1 is 1.33 bits per heavy atom. The Morgan fingerprint density at radius 2 is 2.19 bits per heavy atom. The van der Waals surface area contributed by atoms with Crippen molar-refractivity contribution in [2.24, 2.45) is 0 Å². The Kier molecular flexibility index (Phi) is 3.51. The molecule has 2 heterocycles. The van der Waals surface area contributed by atoms with E-state index < -0.39 is 4.92 Å². The first kappa shape index (κ1) is 13.5. The molecule has 1 aliphatic rings. The molecule has 0 amide bonds. The monoisotopic (exact) mass is 287 g/mol. The van der Waals surface area contributed by atoms with Crippen LogP contribution in [-0.2, 0) is 0 Å². The Bertz CT molecular complexity index is 660. The zero-order chi connectivity index (χ0) is 14.8. The van der Waals surface area contributed by atoms with E-state index in [0.717, 1.165) is 30.6 Å². The molecular formula is C15H14FN3O2. The lowest BCUT2D eigenvalue weighted by atomic mass is 10.0. The number of pyridine rings is 1. The third-order valence-corrected chi connectivity index (χ3v) is 3.74. The topological polar surface area (TPSA) is 59.3 Å². The molecule has 108 valence electrons. The predicted molar refractivity (Wildman–Crippen MR) is 76.6 cm³/mol. The molecule has 1 aliphatic heterocycles. The molecule has 6 heteroatoms. The first-order valence-electron chi connectivity index (χ1n) is 6.78. The number of aromatic nitrogens is 1. The average molecular weight is 287 g/mol. The van der Waals surface area contributed by atoms with Crippen LogP contribution in [0.4, 0.5) is 15.9 Å². The van der Waals surface area contributed by atoms with Gasteiger partial charge in [0, 0.05) is 12.6 Å². The van der Waals surface area contributed by atoms with Crippen LogP contribution in [0.25, 0.3) is 0 Å². The summed E-state index contributed by atoms with van der Waals surface area (Å²) in [5.41, 5.74) is 1.75. The highest BCUT2D eigenvalue weighted by atomic mass is 19.1. The van der Waals surface area contributed by atoms with Crippen LogP contribution in [0.5, 0.6) is 0 Å². The lowest BCUT2D eigenvalue weighted by Gasteiger charge is -2.26. The third-order valence-electron chi connectivity index (χ3n) is 3.74. The number of halogens is 1. The van der Waals surface area contributed by atoms with Crippen molar-refractivity contribution < 1.29 is 9.31 Å². The molecule has 2 aromatic rings. The van der Waals surface area contributed by atoms with E-state index in [1.807, 2.05) is 6.07 Å². The summed E-state index contributed by atoms with van der Waals surface area (Å²) in [6, 6.07) is 9.76. The number of hydrogen-bond acceptors (Lipinski definition) is 4. The van der Waals surface area contributed by atoms with Crippen LogP contribution < -0.4 is 4.90 Å². The normalized spacial score (nSPS) is 18.0. The fourth-order valence-corrected chi connectivity index (χ4v) is 2.79. The molecule has 0 saturated carbocycles. The van der Waals surface area contributed by atoms with Gasteiger partial charge in [-0.3, -0.25) is 0 Å². The molecule has 21 heavy (non-hydrogen) atoms. The molecule has 1 unspecified atom stereocenters. The molecule has 0 N–H and O–H groups in total. The standard InChI is InChI=1S/C15H14FN3O2/c16-12-4-1-3-11(9-12)14-5-2-8-18(14)13-6-7-15(17-10-13)19(20)21/h1,3-4,6-7,9-10,14H,2,5,8H2. The molecule has 5 nitrogen and oxygen atoms in total. The van der Waals surface area contributed by atoms with Gasteiger partial charge < -0.3 is 15.0 Å². The Balaban J connectivity index is 1.88. The van der Waals surface area contributed by atoms with Crippen LogP contribution in [0, 0.1) is 15.9 Å². The Morgan fingerprint density at radius 3 is 2.86 bits per heavy atom. The molecule has 1 aromatic heterocycles. The second-order valence-electron chi connectivity index (χ2n) is 5.04. The summed E-state index contributed by atoms with van der Waals surface area (Å²) in [6.45, 7) is 0.834. The quantitative estimate of drug-likeness (QED) is 0.640. The van der Waals surface area contributed by atoms with E-state index in [9.17, 15) is 14.5 Å². The maximum atomic E-state index is 13.4. The van der Waals surface area contributed by atoms with Gasteiger partial charge in [0.15, 0.2) is 6.20 Å². The Hall–Kier alpha value is -2.50. The highest BCUT2D eigenvalue weighted by Crippen LogP contribution is 2.36. The maximum Gasteiger partial charge on any atom is 0.363 e. The first-order chi connectivity index (χ1) is 10.1. The molecule has 1 aromatic carbocycles. The smallest absolute Gasteiger partial charge is 0.361 e. The van der Waals surface area contributed by atoms with Crippen LogP contribution >= 0.6 is 0 Å². The zero-order valence-electron chi connectivity index (χ0n) is 11.3. The van der Waals surface area contributed by atoms with Gasteiger partial charge in [0.05, 0.1) is 11.7 Å². The summed E-state index contributed by atoms with van der Waals surface area (Å²) < 4.78 is 13.4. The fourth-order valence-electron chi connectivity index (χ4n) is 2.79. The van der Waals surface area contributed by atoms with Gasteiger partial charge in [-0.1, -0.05) is 12.1 Å². The van der Waals surface area contributed by atoms with E-state index in [1.54, 1.807) is 18.2 Å². The van der Waals surface area contributed by atoms with Gasteiger partial charge in [0.25, 0.3) is 0 Å². The molecule has 3 rings (SSSR count). The second-order valence-corrected chi connectivity index (χ2v) is 5.04. The van der Waals surface area contributed by atoms with Crippen LogP contribution in [0.1, 0.15) is 24.4 Å². The van der Waals surface area contributed by atoms with Crippen molar-refractivity contribution in [3.63, 3.8) is 0 Å². The van der Waals surface area contributed by atoms with Crippen molar-refractivity contribution in [2.75, 3.05) is 11.4 Å². The molecule has 0 aliphatic carbocycles. The lowest BCUT2D eigenvalue weighted by molar-refractivity contribution is -0.389. The number of nitrogens with zero attached hydrogens (tertiary/aromatic N) is 3. The average Bonchev–Trinajstić information content (AvgIpc) is 2.97. The largest absolute Gasteiger partial charge is 0.363 e. The zero-order valence-corrected chi connectivity index (χ0v) is 11.3. The second kappa shape index (κ2) is 5.47. The number of hydrogen-bond donors (Lipinski definition) is 0. The number of benzene rings is 1. The van der Waals surface area contributed by atoms with E-state index in [2.05, 4.69) is 9.88 Å². The van der Waals surface area contributed by atoms with E-state index in [-0.39, 0.29) is 17.7 Å². The lowest BCUT2D eigenvalue weighted by Crippen LogP contribution is -2.22. The van der Waals surface area contributed by atoms with Crippen LogP contribution in [-0.4, -0.2) is 16.5 Å². The van der Waals surface area contributed by atoms with Crippen molar-refractivity contribution in [3.05, 3.63) is 64.1 Å². The van der Waals surface area contributed by atoms with Crippen LogP contribution in [0.3, 0.4) is 0 Å². The number of nitro groups is 1. The SMILES string of the molecule is O=[N+]([O-])c1ccc(N2CCCC2c2cccc(F)c2)cn1. The van der Waals surface area contributed by atoms with Gasteiger partial charge in [-0.25, -0.2) is 4.39 Å². The molecule has 0 radical (unpaired) electrons. The maximum absolute atomic E-state index is 13.4. The summed E-state index contributed by atoms with van der Waals surface area (Å²) in [7, 11) is 0. The summed E-state index contributed by atoms with van der Waals surface area (Å²) >= 11 is 0. The minimum absolute atomic E-state index is 0.0870. The van der Waals surface area contributed by atoms with Gasteiger partial charge in [-0.15, -0.1) is 0 Å². The Labute approximate surface area is 121 Å². The van der Waals surface area contributed by atoms with Crippen molar-refractivity contribution >= 4 is 11.5 Å². The van der Waals surface area contributed by atoms with Gasteiger partial charge >= 0.3 is 5.82 Å². The first-order valence-corrected chi connectivity index (χ1v) is 6.78. The van der Waals surface area contributed by atoms with Crippen LogP contribution in [0.2, 0.25) is 0 Å². The molecule has 0 spiro atoms. The molecule has 0 bridgehead atoms. The highest BCUT2D eigenvalue weighted by Gasteiger charge is 2.27. The predicted octanol–water partition coefficient (Wildman–Crippen LogP) is 3.47. The highest BCUT2D eigenvalue weighted by molar-refractivity contribution is 5.50. The van der Waals surface area contributed by atoms with E-state index in [1.165, 1.54) is 18.3 Å². The molecular weight excluding hydrogens is 273 g/mol. The molecule has 1 atom stereocenters. The molecule has 1 saturated heterocycles. The van der Waals surface area contributed by atoms with Gasteiger partial charge in [0.2, 0.25) is 0 Å². The van der Waals surface area contributed by atoms with E-state index in [0.29, 0.717) is 0 Å². The molecule has 1 fully saturated rings. The summed E-state index contributed by atoms with van der Waals surface area (Å²) in [5.74, 6) is -0.415. The van der Waals surface area contributed by atoms with Crippen molar-refractivity contribution in [2.45, 2.75) is 18.9 Å². The van der Waals surface area contributed by atoms with E-state index >= 15 is 0 Å². The summed E-state index contributed by atoms with van der Waals surface area (Å²) in [4.78, 5) is 16.1. The van der Waals surface area contributed by atoms with Crippen LogP contribution in [0.15, 0.2) is 42.6 Å². The third kappa shape index (κ3) is 2.69. The number of anilines is 1. The minimum atomic E-state index is -0.516.